The highest BCUT2D eigenvalue weighted by atomic mass is 127. The normalized spacial score (nSPS) is 11.6. The van der Waals surface area contributed by atoms with Crippen molar-refractivity contribution < 1.29 is 0 Å². The number of unbranched alkanes of at least 4 members (excludes halogenated alkanes) is 18. The van der Waals surface area contributed by atoms with E-state index in [1.165, 1.54) is 137 Å². The van der Waals surface area contributed by atoms with Gasteiger partial charge in [0.2, 0.25) is 0 Å². The predicted molar refractivity (Wildman–Crippen MR) is 139 cm³/mol. The first kappa shape index (κ1) is 27.2. The van der Waals surface area contributed by atoms with E-state index in [0.717, 1.165) is 0 Å². The fourth-order valence-electron chi connectivity index (χ4n) is 3.42. The molecule has 26 heavy (non-hydrogen) atoms. The van der Waals surface area contributed by atoms with E-state index in [1.807, 2.05) is 0 Å². The fourth-order valence-corrected chi connectivity index (χ4v) is 4.50. The molecule has 0 spiro atoms. The summed E-state index contributed by atoms with van der Waals surface area (Å²) in [4.78, 5) is 0. The molecule has 0 saturated carbocycles. The minimum atomic E-state index is 1.31. The van der Waals surface area contributed by atoms with Gasteiger partial charge in [0.25, 0.3) is 0 Å². The van der Waals surface area contributed by atoms with Crippen LogP contribution in [0.15, 0.2) is 12.2 Å². The van der Waals surface area contributed by atoms with Gasteiger partial charge in [-0.15, -0.1) is 0 Å². The van der Waals surface area contributed by atoms with E-state index < -0.39 is 0 Å². The number of alkyl halides is 2. The predicted octanol–water partition coefficient (Wildman–Crippen LogP) is 10.2. The highest BCUT2D eigenvalue weighted by Gasteiger charge is 1.93. The molecule has 0 aromatic carbocycles. The van der Waals surface area contributed by atoms with Crippen LogP contribution in [-0.2, 0) is 0 Å². The van der Waals surface area contributed by atoms with Crippen molar-refractivity contribution in [1.29, 1.82) is 0 Å². The SMILES string of the molecule is ICCCCCCCCCCCC=CCCCCCCCCCCCI. The molecule has 0 aliphatic carbocycles. The van der Waals surface area contributed by atoms with Crippen LogP contribution in [-0.4, -0.2) is 8.86 Å². The van der Waals surface area contributed by atoms with Crippen LogP contribution in [0.25, 0.3) is 0 Å². The summed E-state index contributed by atoms with van der Waals surface area (Å²) in [5, 5.41) is 0. The van der Waals surface area contributed by atoms with Crippen LogP contribution < -0.4 is 0 Å². The third-order valence-corrected chi connectivity index (χ3v) is 6.70. The number of allylic oxidation sites excluding steroid dienone is 2. The summed E-state index contributed by atoms with van der Waals surface area (Å²) in [5.74, 6) is 0. The van der Waals surface area contributed by atoms with Crippen molar-refractivity contribution in [3.63, 3.8) is 0 Å². The Morgan fingerprint density at radius 2 is 0.538 bits per heavy atom. The fraction of sp³-hybridized carbons (Fsp3) is 0.917. The Morgan fingerprint density at radius 3 is 0.808 bits per heavy atom. The molecule has 0 saturated heterocycles. The third-order valence-electron chi connectivity index (χ3n) is 5.18. The molecule has 0 aromatic rings. The average Bonchev–Trinajstić information content (AvgIpc) is 2.66. The van der Waals surface area contributed by atoms with Gasteiger partial charge >= 0.3 is 0 Å². The van der Waals surface area contributed by atoms with E-state index in [1.54, 1.807) is 0 Å². The minimum Gasteiger partial charge on any atom is -0.0885 e. The van der Waals surface area contributed by atoms with Gasteiger partial charge in [-0.25, -0.2) is 0 Å². The Bertz CT molecular complexity index is 237. The second-order valence-corrected chi connectivity index (χ2v) is 9.95. The van der Waals surface area contributed by atoms with Crippen LogP contribution in [0.5, 0.6) is 0 Å². The zero-order valence-corrected chi connectivity index (χ0v) is 21.8. The molecule has 0 nitrogen and oxygen atoms in total. The second kappa shape index (κ2) is 26.2. The Morgan fingerprint density at radius 1 is 0.308 bits per heavy atom. The lowest BCUT2D eigenvalue weighted by Gasteiger charge is -2.01. The highest BCUT2D eigenvalue weighted by molar-refractivity contribution is 14.1. The lowest BCUT2D eigenvalue weighted by atomic mass is 10.1. The molecule has 0 unspecified atom stereocenters. The zero-order chi connectivity index (χ0) is 19.0. The van der Waals surface area contributed by atoms with E-state index in [9.17, 15) is 0 Å². The zero-order valence-electron chi connectivity index (χ0n) is 17.5. The van der Waals surface area contributed by atoms with Crippen molar-refractivity contribution in [1.82, 2.24) is 0 Å². The molecule has 0 aliphatic rings. The van der Waals surface area contributed by atoms with E-state index in [0.29, 0.717) is 0 Å². The van der Waals surface area contributed by atoms with Crippen LogP contribution in [0.3, 0.4) is 0 Å². The van der Waals surface area contributed by atoms with Crippen LogP contribution >= 0.6 is 45.2 Å². The summed E-state index contributed by atoms with van der Waals surface area (Å²) in [6.07, 6.45) is 33.6. The maximum absolute atomic E-state index is 2.49. The summed E-state index contributed by atoms with van der Waals surface area (Å²) in [5.41, 5.74) is 0. The Kier molecular flexibility index (Phi) is 27.4. The van der Waals surface area contributed by atoms with Gasteiger partial charge in [-0.3, -0.25) is 0 Å². The number of hydrogen-bond acceptors (Lipinski definition) is 0. The second-order valence-electron chi connectivity index (χ2n) is 7.79. The van der Waals surface area contributed by atoms with Crippen molar-refractivity contribution in [2.24, 2.45) is 0 Å². The summed E-state index contributed by atoms with van der Waals surface area (Å²) >= 11 is 4.98. The first-order valence-corrected chi connectivity index (χ1v) is 14.7. The molecule has 0 fully saturated rings. The Balaban J connectivity index is 3.04. The molecule has 156 valence electrons. The molecular weight excluding hydrogens is 542 g/mol. The van der Waals surface area contributed by atoms with Gasteiger partial charge in [0.05, 0.1) is 0 Å². The molecule has 0 atom stereocenters. The number of halogens is 2. The van der Waals surface area contributed by atoms with Crippen molar-refractivity contribution in [3.05, 3.63) is 12.2 Å². The molecule has 0 N–H and O–H groups in total. The summed E-state index contributed by atoms with van der Waals surface area (Å²) in [6, 6.07) is 0. The Hall–Kier alpha value is 1.20. The van der Waals surface area contributed by atoms with Crippen molar-refractivity contribution >= 4 is 45.2 Å². The maximum atomic E-state index is 2.49. The van der Waals surface area contributed by atoms with Crippen molar-refractivity contribution in [3.8, 4) is 0 Å². The van der Waals surface area contributed by atoms with Crippen LogP contribution in [0.1, 0.15) is 128 Å². The molecule has 0 heterocycles. The van der Waals surface area contributed by atoms with E-state index in [-0.39, 0.29) is 0 Å². The van der Waals surface area contributed by atoms with Crippen LogP contribution in [0.2, 0.25) is 0 Å². The standard InChI is InChI=1S/C24H46I2/c25-23-21-19-17-15-13-11-9-7-5-3-1-2-4-6-8-10-12-14-16-18-20-22-24-26/h1-2H,3-24H2. The summed E-state index contributed by atoms with van der Waals surface area (Å²) in [7, 11) is 0. The first-order valence-electron chi connectivity index (χ1n) is 11.7. The third kappa shape index (κ3) is 25.2. The molecule has 0 aromatic heterocycles. The topological polar surface area (TPSA) is 0 Å². The summed E-state index contributed by atoms with van der Waals surface area (Å²) < 4.78 is 2.68. The van der Waals surface area contributed by atoms with Gasteiger partial charge in [-0.1, -0.05) is 147 Å². The molecule has 0 rings (SSSR count). The van der Waals surface area contributed by atoms with E-state index >= 15 is 0 Å². The largest absolute Gasteiger partial charge is 0.0885 e. The van der Waals surface area contributed by atoms with E-state index in [2.05, 4.69) is 57.3 Å². The quantitative estimate of drug-likeness (QED) is 0.0511. The maximum Gasteiger partial charge on any atom is -0.000473 e. The van der Waals surface area contributed by atoms with Crippen molar-refractivity contribution in [2.75, 3.05) is 8.86 Å². The first-order chi connectivity index (χ1) is 12.9. The van der Waals surface area contributed by atoms with Crippen molar-refractivity contribution in [2.45, 2.75) is 128 Å². The molecule has 0 bridgehead atoms. The molecule has 0 radical (unpaired) electrons. The lowest BCUT2D eigenvalue weighted by Crippen LogP contribution is -1.82. The van der Waals surface area contributed by atoms with Gasteiger partial charge in [0.1, 0.15) is 0 Å². The highest BCUT2D eigenvalue weighted by Crippen LogP contribution is 2.13. The number of hydrogen-bond donors (Lipinski definition) is 0. The monoisotopic (exact) mass is 588 g/mol. The Labute approximate surface area is 193 Å². The summed E-state index contributed by atoms with van der Waals surface area (Å²) in [6.45, 7) is 0. The van der Waals surface area contributed by atoms with Gasteiger partial charge in [-0.2, -0.15) is 0 Å². The molecule has 0 amide bonds. The lowest BCUT2D eigenvalue weighted by molar-refractivity contribution is 0.566. The van der Waals surface area contributed by atoms with Crippen LogP contribution in [0.4, 0.5) is 0 Å². The van der Waals surface area contributed by atoms with Gasteiger partial charge in [-0.05, 0) is 47.4 Å². The van der Waals surface area contributed by atoms with Gasteiger partial charge in [0.15, 0.2) is 0 Å². The minimum absolute atomic E-state index is 1.31. The van der Waals surface area contributed by atoms with Crippen LogP contribution in [0, 0.1) is 0 Å². The van der Waals surface area contributed by atoms with Gasteiger partial charge in [0, 0.05) is 0 Å². The molecule has 0 aliphatic heterocycles. The number of rotatable bonds is 22. The smallest absolute Gasteiger partial charge is 0.000473 e. The van der Waals surface area contributed by atoms with E-state index in [4.69, 9.17) is 0 Å². The average molecular weight is 588 g/mol. The molecule has 2 heteroatoms. The van der Waals surface area contributed by atoms with Gasteiger partial charge < -0.3 is 0 Å². The molecular formula is C24H46I2.